The number of halogens is 3. The maximum Gasteiger partial charge on any atom is 0.394 e. The summed E-state index contributed by atoms with van der Waals surface area (Å²) < 4.78 is 48.2. The second-order valence-corrected chi connectivity index (χ2v) is 10.4. The van der Waals surface area contributed by atoms with E-state index in [4.69, 9.17) is 9.72 Å². The number of fused-ring (bicyclic) bond motifs is 1. The Morgan fingerprint density at radius 2 is 1.89 bits per heavy atom. The smallest absolute Gasteiger partial charge is 0.370 e. The highest BCUT2D eigenvalue weighted by atomic mass is 19.4. The number of hydrogen-bond acceptors (Lipinski definition) is 6. The Labute approximate surface area is 200 Å². The van der Waals surface area contributed by atoms with Gasteiger partial charge in [-0.3, -0.25) is 14.3 Å². The molecule has 3 saturated carbocycles. The van der Waals surface area contributed by atoms with Crippen LogP contribution in [-0.2, 0) is 17.2 Å². The molecular formula is C25H26F3N5O2. The predicted molar refractivity (Wildman–Crippen MR) is 123 cm³/mol. The van der Waals surface area contributed by atoms with Crippen molar-refractivity contribution in [3.8, 4) is 0 Å². The topological polar surface area (TPSA) is 73.1 Å². The Morgan fingerprint density at radius 1 is 1.14 bits per heavy atom. The van der Waals surface area contributed by atoms with E-state index in [1.54, 1.807) is 26.2 Å². The highest BCUT2D eigenvalue weighted by Crippen LogP contribution is 2.78. The molecule has 10 heteroatoms. The SMILES string of the molecule is Cc1cc([C@H]2CN(c3cc4nc(C)n(C)c(=O)c4c(C45CC(C(F)(F)F)(C4)C5)n3)CCO2)ccn1. The van der Waals surface area contributed by atoms with E-state index in [2.05, 4.69) is 14.9 Å². The van der Waals surface area contributed by atoms with Crippen LogP contribution in [0.4, 0.5) is 19.0 Å². The van der Waals surface area contributed by atoms with Crippen molar-refractivity contribution < 1.29 is 17.9 Å². The minimum atomic E-state index is -4.23. The fourth-order valence-corrected chi connectivity index (χ4v) is 6.09. The zero-order valence-electron chi connectivity index (χ0n) is 19.8. The first-order valence-corrected chi connectivity index (χ1v) is 11.8. The summed E-state index contributed by atoms with van der Waals surface area (Å²) in [6.07, 6.45) is -2.73. The first-order valence-electron chi connectivity index (χ1n) is 11.8. The van der Waals surface area contributed by atoms with Gasteiger partial charge in [0.15, 0.2) is 0 Å². The number of pyridine rings is 2. The van der Waals surface area contributed by atoms with E-state index in [-0.39, 0.29) is 30.9 Å². The molecule has 7 nitrogen and oxygen atoms in total. The molecule has 0 aromatic carbocycles. The number of anilines is 1. The van der Waals surface area contributed by atoms with Gasteiger partial charge in [0.2, 0.25) is 0 Å². The van der Waals surface area contributed by atoms with E-state index >= 15 is 0 Å². The molecule has 0 spiro atoms. The lowest BCUT2D eigenvalue weighted by Gasteiger charge is -2.70. The van der Waals surface area contributed by atoms with Crippen molar-refractivity contribution in [2.24, 2.45) is 12.5 Å². The molecule has 1 saturated heterocycles. The Kier molecular flexibility index (Phi) is 4.65. The molecule has 0 amide bonds. The minimum Gasteiger partial charge on any atom is -0.370 e. The first kappa shape index (κ1) is 22.5. The number of rotatable bonds is 3. The molecule has 3 aliphatic carbocycles. The van der Waals surface area contributed by atoms with Crippen molar-refractivity contribution in [1.29, 1.82) is 0 Å². The molecule has 3 aromatic rings. The number of morpholine rings is 1. The molecule has 2 bridgehead atoms. The van der Waals surface area contributed by atoms with E-state index in [0.29, 0.717) is 47.9 Å². The molecule has 4 heterocycles. The van der Waals surface area contributed by atoms with Crippen LogP contribution < -0.4 is 10.5 Å². The van der Waals surface area contributed by atoms with Gasteiger partial charge in [-0.15, -0.1) is 0 Å². The van der Waals surface area contributed by atoms with E-state index in [1.807, 2.05) is 19.1 Å². The number of hydrogen-bond donors (Lipinski definition) is 0. The van der Waals surface area contributed by atoms with Crippen molar-refractivity contribution in [3.63, 3.8) is 0 Å². The first-order chi connectivity index (χ1) is 16.5. The van der Waals surface area contributed by atoms with Gasteiger partial charge in [0.1, 0.15) is 17.7 Å². The van der Waals surface area contributed by atoms with Crippen molar-refractivity contribution in [1.82, 2.24) is 19.5 Å². The number of ether oxygens (including phenoxy) is 1. The van der Waals surface area contributed by atoms with Crippen LogP contribution in [0.3, 0.4) is 0 Å². The summed E-state index contributed by atoms with van der Waals surface area (Å²) in [5.41, 5.74) is 0.236. The second-order valence-electron chi connectivity index (χ2n) is 10.4. The van der Waals surface area contributed by atoms with Crippen LogP contribution in [0.2, 0.25) is 0 Å². The third kappa shape index (κ3) is 3.22. The van der Waals surface area contributed by atoms with Gasteiger partial charge in [0, 0.05) is 43.5 Å². The van der Waals surface area contributed by atoms with Gasteiger partial charge in [-0.1, -0.05) is 0 Å². The summed E-state index contributed by atoms with van der Waals surface area (Å²) >= 11 is 0. The molecule has 1 aliphatic heterocycles. The summed E-state index contributed by atoms with van der Waals surface area (Å²) in [6.45, 7) is 5.27. The molecule has 184 valence electrons. The highest BCUT2D eigenvalue weighted by Gasteiger charge is 2.79. The van der Waals surface area contributed by atoms with Gasteiger partial charge in [-0.2, -0.15) is 13.2 Å². The average molecular weight is 486 g/mol. The number of aromatic nitrogens is 4. The van der Waals surface area contributed by atoms with Gasteiger partial charge in [-0.25, -0.2) is 9.97 Å². The largest absolute Gasteiger partial charge is 0.394 e. The van der Waals surface area contributed by atoms with Gasteiger partial charge in [0.25, 0.3) is 5.56 Å². The lowest BCUT2D eigenvalue weighted by molar-refractivity contribution is -0.337. The van der Waals surface area contributed by atoms with Crippen LogP contribution in [0.1, 0.15) is 48.1 Å². The zero-order chi connectivity index (χ0) is 24.8. The molecule has 7 rings (SSSR count). The molecule has 3 aromatic heterocycles. The van der Waals surface area contributed by atoms with Gasteiger partial charge in [0.05, 0.1) is 28.6 Å². The van der Waals surface area contributed by atoms with Gasteiger partial charge in [-0.05, 0) is 50.8 Å². The van der Waals surface area contributed by atoms with Gasteiger partial charge < -0.3 is 9.64 Å². The summed E-state index contributed by atoms with van der Waals surface area (Å²) in [7, 11) is 1.63. The van der Waals surface area contributed by atoms with E-state index in [9.17, 15) is 18.0 Å². The molecule has 0 unspecified atom stereocenters. The standard InChI is InChI=1S/C25H26F3N5O2/c1-14-8-16(4-5-29-14)18-10-33(6-7-35-18)19-9-17-20(22(34)32(3)15(2)30-17)21(31-19)23-11-24(12-23,13-23)25(26,27)28/h4-5,8-9,18H,6-7,10-13H2,1-3H3/t18-,23?,24?/m1/s1. The van der Waals surface area contributed by atoms with Crippen molar-refractivity contribution in [2.45, 2.75) is 50.8 Å². The molecule has 0 N–H and O–H groups in total. The van der Waals surface area contributed by atoms with Crippen molar-refractivity contribution in [2.75, 3.05) is 24.6 Å². The van der Waals surface area contributed by atoms with E-state index in [0.717, 1.165) is 11.3 Å². The molecule has 1 atom stereocenters. The Morgan fingerprint density at radius 3 is 2.57 bits per heavy atom. The van der Waals surface area contributed by atoms with Crippen LogP contribution in [0.5, 0.6) is 0 Å². The third-order valence-corrected chi connectivity index (χ3v) is 8.09. The lowest BCUT2D eigenvalue weighted by Crippen LogP contribution is -2.70. The molecule has 0 radical (unpaired) electrons. The summed E-state index contributed by atoms with van der Waals surface area (Å²) in [5.74, 6) is 1.17. The summed E-state index contributed by atoms with van der Waals surface area (Å²) in [4.78, 5) is 29.1. The lowest BCUT2D eigenvalue weighted by atomic mass is 9.33. The highest BCUT2D eigenvalue weighted by molar-refractivity contribution is 5.84. The molecule has 4 aliphatic rings. The van der Waals surface area contributed by atoms with Crippen molar-refractivity contribution in [3.05, 3.63) is 57.5 Å². The van der Waals surface area contributed by atoms with Crippen LogP contribution in [0.15, 0.2) is 29.2 Å². The number of aryl methyl sites for hydroxylation is 2. The second kappa shape index (κ2) is 7.25. The van der Waals surface area contributed by atoms with Crippen molar-refractivity contribution >= 4 is 16.7 Å². The normalized spacial score (nSPS) is 28.1. The summed E-state index contributed by atoms with van der Waals surface area (Å²) in [5, 5.41) is 0.340. The average Bonchev–Trinajstić information content (AvgIpc) is 2.74. The maximum atomic E-state index is 13.6. The Balaban J connectivity index is 1.43. The monoisotopic (exact) mass is 485 g/mol. The fourth-order valence-electron chi connectivity index (χ4n) is 6.09. The zero-order valence-corrected chi connectivity index (χ0v) is 19.8. The number of nitrogens with zero attached hydrogens (tertiary/aromatic N) is 5. The van der Waals surface area contributed by atoms with Crippen LogP contribution in [-0.4, -0.2) is 45.4 Å². The Hall–Kier alpha value is -3.01. The van der Waals surface area contributed by atoms with E-state index < -0.39 is 17.0 Å². The quantitative estimate of drug-likeness (QED) is 0.560. The predicted octanol–water partition coefficient (Wildman–Crippen LogP) is 3.90. The molecule has 35 heavy (non-hydrogen) atoms. The van der Waals surface area contributed by atoms with Gasteiger partial charge >= 0.3 is 6.18 Å². The Bertz CT molecular complexity index is 1400. The fraction of sp³-hybridized carbons (Fsp3) is 0.520. The number of alkyl halides is 3. The van der Waals surface area contributed by atoms with E-state index in [1.165, 1.54) is 4.57 Å². The molecule has 4 fully saturated rings. The van der Waals surface area contributed by atoms with Crippen LogP contribution in [0.25, 0.3) is 10.9 Å². The maximum absolute atomic E-state index is 13.6. The minimum absolute atomic E-state index is 0.0197. The summed E-state index contributed by atoms with van der Waals surface area (Å²) in [6, 6.07) is 5.70. The third-order valence-electron chi connectivity index (χ3n) is 8.09. The molecular weight excluding hydrogens is 459 g/mol. The van der Waals surface area contributed by atoms with Crippen LogP contribution >= 0.6 is 0 Å². The van der Waals surface area contributed by atoms with Crippen LogP contribution in [0, 0.1) is 19.3 Å².